The van der Waals surface area contributed by atoms with E-state index in [0.29, 0.717) is 12.6 Å². The lowest BCUT2D eigenvalue weighted by Gasteiger charge is -2.32. The number of ether oxygens (including phenoxy) is 1. The summed E-state index contributed by atoms with van der Waals surface area (Å²) in [6.45, 7) is 2.49. The van der Waals surface area contributed by atoms with Crippen molar-refractivity contribution in [2.45, 2.75) is 69.4 Å². The number of hydrogen-bond acceptors (Lipinski definition) is 3. The van der Waals surface area contributed by atoms with E-state index in [0.717, 1.165) is 45.3 Å². The maximum absolute atomic E-state index is 10.3. The van der Waals surface area contributed by atoms with Gasteiger partial charge in [-0.3, -0.25) is 0 Å². The SMILES string of the molecule is OC1(COCCC2CCCCN2)CCCCC1. The molecule has 0 spiro atoms. The third-order valence-electron chi connectivity index (χ3n) is 4.18. The topological polar surface area (TPSA) is 41.5 Å². The van der Waals surface area contributed by atoms with Crippen LogP contribution in [0.1, 0.15) is 57.8 Å². The van der Waals surface area contributed by atoms with Crippen molar-refractivity contribution in [1.82, 2.24) is 5.32 Å². The highest BCUT2D eigenvalue weighted by molar-refractivity contribution is 4.82. The number of rotatable bonds is 5. The van der Waals surface area contributed by atoms with Crippen molar-refractivity contribution in [2.75, 3.05) is 19.8 Å². The van der Waals surface area contributed by atoms with Crippen molar-refractivity contribution < 1.29 is 9.84 Å². The number of piperidine rings is 1. The third kappa shape index (κ3) is 4.57. The fraction of sp³-hybridized carbons (Fsp3) is 1.00. The van der Waals surface area contributed by atoms with Gasteiger partial charge in [-0.2, -0.15) is 0 Å². The van der Waals surface area contributed by atoms with Gasteiger partial charge in [-0.1, -0.05) is 25.7 Å². The van der Waals surface area contributed by atoms with Gasteiger partial charge in [0.25, 0.3) is 0 Å². The van der Waals surface area contributed by atoms with Crippen LogP contribution in [-0.4, -0.2) is 36.5 Å². The second kappa shape index (κ2) is 6.72. The fourth-order valence-corrected chi connectivity index (χ4v) is 3.01. The monoisotopic (exact) mass is 241 g/mol. The van der Waals surface area contributed by atoms with Crippen molar-refractivity contribution in [2.24, 2.45) is 0 Å². The van der Waals surface area contributed by atoms with Crippen LogP contribution >= 0.6 is 0 Å². The Kier molecular flexibility index (Phi) is 5.26. The Balaban J connectivity index is 1.55. The first-order valence-corrected chi connectivity index (χ1v) is 7.32. The van der Waals surface area contributed by atoms with E-state index < -0.39 is 5.60 Å². The van der Waals surface area contributed by atoms with Crippen LogP contribution in [-0.2, 0) is 4.74 Å². The predicted octanol–water partition coefficient (Wildman–Crippen LogP) is 2.23. The minimum absolute atomic E-state index is 0.516. The highest BCUT2D eigenvalue weighted by Gasteiger charge is 2.29. The van der Waals surface area contributed by atoms with E-state index >= 15 is 0 Å². The molecule has 2 rings (SSSR count). The molecule has 3 nitrogen and oxygen atoms in total. The molecule has 1 aliphatic heterocycles. The van der Waals surface area contributed by atoms with Crippen LogP contribution in [0.2, 0.25) is 0 Å². The van der Waals surface area contributed by atoms with Crippen molar-refractivity contribution in [3.05, 3.63) is 0 Å². The average Bonchev–Trinajstić information content (AvgIpc) is 2.37. The molecule has 3 heteroatoms. The smallest absolute Gasteiger partial charge is 0.0880 e. The van der Waals surface area contributed by atoms with Crippen molar-refractivity contribution in [3.8, 4) is 0 Å². The minimum atomic E-state index is -0.516. The average molecular weight is 241 g/mol. The quantitative estimate of drug-likeness (QED) is 0.725. The second-order valence-electron chi connectivity index (χ2n) is 5.77. The molecule has 2 aliphatic rings. The molecule has 1 unspecified atom stereocenters. The summed E-state index contributed by atoms with van der Waals surface area (Å²) in [5, 5.41) is 13.8. The molecule has 2 fully saturated rings. The zero-order chi connectivity index (χ0) is 12.0. The standard InChI is InChI=1S/C14H27NO2/c16-14(8-3-1-4-9-14)12-17-11-7-13-6-2-5-10-15-13/h13,15-16H,1-12H2. The lowest BCUT2D eigenvalue weighted by Crippen LogP contribution is -2.38. The molecule has 0 amide bonds. The molecule has 0 aromatic carbocycles. The molecule has 2 N–H and O–H groups in total. The highest BCUT2D eigenvalue weighted by atomic mass is 16.5. The zero-order valence-corrected chi connectivity index (χ0v) is 10.9. The van der Waals surface area contributed by atoms with Gasteiger partial charge in [0.15, 0.2) is 0 Å². The Bertz CT molecular complexity index is 208. The van der Waals surface area contributed by atoms with Crippen molar-refractivity contribution in [3.63, 3.8) is 0 Å². The van der Waals surface area contributed by atoms with Gasteiger partial charge in [0.2, 0.25) is 0 Å². The van der Waals surface area contributed by atoms with Gasteiger partial charge >= 0.3 is 0 Å². The predicted molar refractivity (Wildman–Crippen MR) is 69.1 cm³/mol. The van der Waals surface area contributed by atoms with Crippen LogP contribution in [0.5, 0.6) is 0 Å². The lowest BCUT2D eigenvalue weighted by atomic mass is 9.85. The summed E-state index contributed by atoms with van der Waals surface area (Å²) < 4.78 is 5.69. The van der Waals surface area contributed by atoms with Crippen molar-refractivity contribution in [1.29, 1.82) is 0 Å². The van der Waals surface area contributed by atoms with E-state index in [1.807, 2.05) is 0 Å². The molecule has 1 heterocycles. The maximum atomic E-state index is 10.3. The van der Waals surface area contributed by atoms with Crippen LogP contribution in [0.25, 0.3) is 0 Å². The molecule has 1 saturated heterocycles. The van der Waals surface area contributed by atoms with E-state index in [1.165, 1.54) is 25.7 Å². The van der Waals surface area contributed by atoms with Gasteiger partial charge in [0.1, 0.15) is 0 Å². The minimum Gasteiger partial charge on any atom is -0.387 e. The van der Waals surface area contributed by atoms with E-state index in [9.17, 15) is 5.11 Å². The molecule has 0 aromatic heterocycles. The molecule has 100 valence electrons. The lowest BCUT2D eigenvalue weighted by molar-refractivity contribution is -0.0696. The Morgan fingerprint density at radius 3 is 2.65 bits per heavy atom. The molecule has 1 atom stereocenters. The summed E-state index contributed by atoms with van der Waals surface area (Å²) in [6, 6.07) is 0.643. The molecule has 17 heavy (non-hydrogen) atoms. The van der Waals surface area contributed by atoms with Gasteiger partial charge < -0.3 is 15.2 Å². The van der Waals surface area contributed by atoms with Crippen LogP contribution in [0.15, 0.2) is 0 Å². The largest absolute Gasteiger partial charge is 0.387 e. The summed E-state index contributed by atoms with van der Waals surface area (Å²) in [5.74, 6) is 0. The van der Waals surface area contributed by atoms with E-state index in [4.69, 9.17) is 4.74 Å². The molecule has 0 radical (unpaired) electrons. The molecule has 1 aliphatic carbocycles. The van der Waals surface area contributed by atoms with E-state index in [2.05, 4.69) is 5.32 Å². The molecular formula is C14H27NO2. The summed E-state index contributed by atoms with van der Waals surface area (Å²) >= 11 is 0. The van der Waals surface area contributed by atoms with Gasteiger partial charge in [0.05, 0.1) is 12.2 Å². The summed E-state index contributed by atoms with van der Waals surface area (Å²) in [5.41, 5.74) is -0.516. The second-order valence-corrected chi connectivity index (χ2v) is 5.77. The van der Waals surface area contributed by atoms with Gasteiger partial charge in [0, 0.05) is 12.6 Å². The Labute approximate surface area is 105 Å². The summed E-state index contributed by atoms with van der Waals surface area (Å²) in [6.07, 6.45) is 10.5. The van der Waals surface area contributed by atoms with Crippen molar-refractivity contribution >= 4 is 0 Å². The summed E-state index contributed by atoms with van der Waals surface area (Å²) in [4.78, 5) is 0. The van der Waals surface area contributed by atoms with Gasteiger partial charge in [-0.15, -0.1) is 0 Å². The van der Waals surface area contributed by atoms with E-state index in [1.54, 1.807) is 0 Å². The first-order valence-electron chi connectivity index (χ1n) is 7.32. The zero-order valence-electron chi connectivity index (χ0n) is 10.9. The first kappa shape index (κ1) is 13.3. The number of aliphatic hydroxyl groups is 1. The van der Waals surface area contributed by atoms with E-state index in [-0.39, 0.29) is 0 Å². The first-order chi connectivity index (χ1) is 8.29. The number of hydrogen-bond donors (Lipinski definition) is 2. The molecule has 0 bridgehead atoms. The van der Waals surface area contributed by atoms with Crippen LogP contribution < -0.4 is 5.32 Å². The third-order valence-corrected chi connectivity index (χ3v) is 4.18. The fourth-order valence-electron chi connectivity index (χ4n) is 3.01. The normalized spacial score (nSPS) is 29.1. The van der Waals surface area contributed by atoms with Crippen LogP contribution in [0.4, 0.5) is 0 Å². The Hall–Kier alpha value is -0.120. The van der Waals surface area contributed by atoms with Gasteiger partial charge in [-0.05, 0) is 38.6 Å². The molecule has 1 saturated carbocycles. The summed E-state index contributed by atoms with van der Waals surface area (Å²) in [7, 11) is 0. The Morgan fingerprint density at radius 1 is 1.12 bits per heavy atom. The molecule has 0 aromatic rings. The highest BCUT2D eigenvalue weighted by Crippen LogP contribution is 2.28. The molecular weight excluding hydrogens is 214 g/mol. The Morgan fingerprint density at radius 2 is 1.94 bits per heavy atom. The van der Waals surface area contributed by atoms with Crippen LogP contribution in [0, 0.1) is 0 Å². The van der Waals surface area contributed by atoms with Crippen LogP contribution in [0.3, 0.4) is 0 Å². The number of nitrogens with one attached hydrogen (secondary N) is 1. The maximum Gasteiger partial charge on any atom is 0.0880 e. The van der Waals surface area contributed by atoms with Gasteiger partial charge in [-0.25, -0.2) is 0 Å².